The molecule has 0 radical (unpaired) electrons. The van der Waals surface area contributed by atoms with Gasteiger partial charge in [-0.15, -0.1) is 0 Å². The van der Waals surface area contributed by atoms with Gasteiger partial charge in [-0.1, -0.05) is 13.0 Å². The summed E-state index contributed by atoms with van der Waals surface area (Å²) in [5, 5.41) is 3.63. The molecule has 2 heterocycles. The van der Waals surface area contributed by atoms with E-state index in [4.69, 9.17) is 14.5 Å². The number of rotatable bonds is 8. The van der Waals surface area contributed by atoms with Crippen LogP contribution in [0.5, 0.6) is 11.5 Å². The summed E-state index contributed by atoms with van der Waals surface area (Å²) in [7, 11) is 1.43. The van der Waals surface area contributed by atoms with Crippen molar-refractivity contribution in [2.75, 3.05) is 20.3 Å². The fraction of sp³-hybridized carbons (Fsp3) is 0.240. The molecule has 33 heavy (non-hydrogen) atoms. The molecule has 7 nitrogen and oxygen atoms in total. The van der Waals surface area contributed by atoms with Crippen LogP contribution in [0.25, 0.3) is 28.1 Å². The average Bonchev–Trinajstić information content (AvgIpc) is 3.26. The minimum atomic E-state index is -0.468. The number of nitrogens with zero attached hydrogens (tertiary/aromatic N) is 3. The summed E-state index contributed by atoms with van der Waals surface area (Å²) >= 11 is 0. The van der Waals surface area contributed by atoms with E-state index in [1.807, 2.05) is 48.9 Å². The minimum absolute atomic E-state index is 0.0565. The lowest BCUT2D eigenvalue weighted by Gasteiger charge is -2.11. The van der Waals surface area contributed by atoms with Crippen molar-refractivity contribution < 1.29 is 18.7 Å². The second-order valence-electron chi connectivity index (χ2n) is 7.36. The Hall–Kier alpha value is -3.94. The number of halogens is 1. The fourth-order valence-corrected chi connectivity index (χ4v) is 3.61. The average molecular weight is 448 g/mol. The molecule has 4 rings (SSSR count). The zero-order valence-corrected chi connectivity index (χ0v) is 18.8. The van der Waals surface area contributed by atoms with E-state index >= 15 is 0 Å². The molecule has 0 unspecified atom stereocenters. The number of ether oxygens (including phenoxy) is 2. The highest BCUT2D eigenvalue weighted by Gasteiger charge is 2.15. The topological polar surface area (TPSA) is 78.3 Å². The van der Waals surface area contributed by atoms with Crippen molar-refractivity contribution >= 4 is 16.9 Å². The number of aryl methyl sites for hydroxylation is 1. The predicted molar refractivity (Wildman–Crippen MR) is 124 cm³/mol. The SMILES string of the molecule is CCNC(=O)COc1cccc(-n2ccc3c(CC)nc(-c4ccc(OC)c(F)c4)nc32)c1. The van der Waals surface area contributed by atoms with Gasteiger partial charge in [-0.25, -0.2) is 14.4 Å². The van der Waals surface area contributed by atoms with E-state index in [0.29, 0.717) is 35.8 Å². The molecule has 0 saturated carbocycles. The highest BCUT2D eigenvalue weighted by Crippen LogP contribution is 2.28. The van der Waals surface area contributed by atoms with Gasteiger partial charge in [-0.05, 0) is 49.7 Å². The number of hydrogen-bond acceptors (Lipinski definition) is 5. The number of carbonyl (C=O) groups is 1. The van der Waals surface area contributed by atoms with Crippen LogP contribution in [-0.2, 0) is 11.2 Å². The Morgan fingerprint density at radius 3 is 2.70 bits per heavy atom. The molecule has 170 valence electrons. The Bertz CT molecular complexity index is 1300. The van der Waals surface area contributed by atoms with E-state index in [1.54, 1.807) is 18.2 Å². The van der Waals surface area contributed by atoms with Crippen molar-refractivity contribution in [3.63, 3.8) is 0 Å². The van der Waals surface area contributed by atoms with E-state index in [0.717, 1.165) is 16.8 Å². The summed E-state index contributed by atoms with van der Waals surface area (Å²) in [6.07, 6.45) is 2.62. The minimum Gasteiger partial charge on any atom is -0.494 e. The predicted octanol–water partition coefficient (Wildman–Crippen LogP) is 4.31. The number of likely N-dealkylation sites (N-methyl/N-ethyl adjacent to an activating group) is 1. The molecule has 0 aliphatic heterocycles. The molecule has 1 N–H and O–H groups in total. The first-order valence-corrected chi connectivity index (χ1v) is 10.8. The van der Waals surface area contributed by atoms with Gasteiger partial charge >= 0.3 is 0 Å². The lowest BCUT2D eigenvalue weighted by molar-refractivity contribution is -0.122. The summed E-state index contributed by atoms with van der Waals surface area (Å²) in [5.74, 6) is 0.533. The van der Waals surface area contributed by atoms with Crippen molar-refractivity contribution in [1.82, 2.24) is 19.9 Å². The Morgan fingerprint density at radius 1 is 1.12 bits per heavy atom. The first-order chi connectivity index (χ1) is 16.0. The van der Waals surface area contributed by atoms with Crippen LogP contribution >= 0.6 is 0 Å². The molecule has 0 aliphatic carbocycles. The number of carbonyl (C=O) groups excluding carboxylic acids is 1. The lowest BCUT2D eigenvalue weighted by Crippen LogP contribution is -2.28. The molecule has 4 aromatic rings. The largest absolute Gasteiger partial charge is 0.494 e. The maximum atomic E-state index is 14.3. The Kier molecular flexibility index (Phi) is 6.53. The summed E-state index contributed by atoms with van der Waals surface area (Å²) in [6, 6.07) is 14.1. The van der Waals surface area contributed by atoms with Crippen LogP contribution in [0.15, 0.2) is 54.7 Å². The van der Waals surface area contributed by atoms with E-state index in [9.17, 15) is 9.18 Å². The van der Waals surface area contributed by atoms with Gasteiger partial charge in [0.2, 0.25) is 0 Å². The molecule has 1 amide bonds. The molecule has 0 atom stereocenters. The number of amides is 1. The van der Waals surface area contributed by atoms with Crippen molar-refractivity contribution in [1.29, 1.82) is 0 Å². The Balaban J connectivity index is 1.74. The Morgan fingerprint density at radius 2 is 1.97 bits per heavy atom. The Labute approximate surface area is 191 Å². The number of aromatic nitrogens is 3. The molecule has 0 bridgehead atoms. The second kappa shape index (κ2) is 9.68. The third-order valence-corrected chi connectivity index (χ3v) is 5.21. The summed E-state index contributed by atoms with van der Waals surface area (Å²) < 4.78 is 26.9. The first kappa shape index (κ1) is 22.3. The smallest absolute Gasteiger partial charge is 0.257 e. The van der Waals surface area contributed by atoms with Crippen molar-refractivity contribution in [2.45, 2.75) is 20.3 Å². The second-order valence-corrected chi connectivity index (χ2v) is 7.36. The van der Waals surface area contributed by atoms with Crippen LogP contribution in [0.4, 0.5) is 4.39 Å². The van der Waals surface area contributed by atoms with Gasteiger partial charge in [0, 0.05) is 29.8 Å². The van der Waals surface area contributed by atoms with Gasteiger partial charge in [0.25, 0.3) is 5.91 Å². The van der Waals surface area contributed by atoms with E-state index in [1.165, 1.54) is 13.2 Å². The third-order valence-electron chi connectivity index (χ3n) is 5.21. The lowest BCUT2D eigenvalue weighted by atomic mass is 10.1. The van der Waals surface area contributed by atoms with Crippen molar-refractivity contribution in [2.24, 2.45) is 0 Å². The quantitative estimate of drug-likeness (QED) is 0.435. The molecule has 0 aliphatic rings. The molecule has 0 fully saturated rings. The number of nitrogens with one attached hydrogen (secondary N) is 1. The summed E-state index contributed by atoms with van der Waals surface area (Å²) in [6.45, 7) is 4.38. The van der Waals surface area contributed by atoms with Crippen LogP contribution in [0, 0.1) is 5.82 Å². The van der Waals surface area contributed by atoms with Gasteiger partial charge in [-0.2, -0.15) is 0 Å². The summed E-state index contributed by atoms with van der Waals surface area (Å²) in [5.41, 5.74) is 2.96. The number of hydrogen-bond donors (Lipinski definition) is 1. The van der Waals surface area contributed by atoms with Crippen molar-refractivity contribution in [3.8, 4) is 28.6 Å². The van der Waals surface area contributed by atoms with E-state index in [-0.39, 0.29) is 18.3 Å². The molecule has 0 saturated heterocycles. The molecular formula is C25H25FN4O3. The van der Waals surface area contributed by atoms with Gasteiger partial charge in [0.05, 0.1) is 18.5 Å². The maximum absolute atomic E-state index is 14.3. The van der Waals surface area contributed by atoms with E-state index in [2.05, 4.69) is 10.3 Å². The zero-order valence-electron chi connectivity index (χ0n) is 18.8. The van der Waals surface area contributed by atoms with Gasteiger partial charge in [0.15, 0.2) is 24.0 Å². The van der Waals surface area contributed by atoms with Gasteiger partial charge in [0.1, 0.15) is 11.4 Å². The monoisotopic (exact) mass is 448 g/mol. The maximum Gasteiger partial charge on any atom is 0.257 e. The van der Waals surface area contributed by atoms with E-state index < -0.39 is 5.82 Å². The normalized spacial score (nSPS) is 10.9. The summed E-state index contributed by atoms with van der Waals surface area (Å²) in [4.78, 5) is 21.1. The highest BCUT2D eigenvalue weighted by atomic mass is 19.1. The number of benzene rings is 2. The highest BCUT2D eigenvalue weighted by molar-refractivity contribution is 5.83. The van der Waals surface area contributed by atoms with Crippen LogP contribution in [-0.4, -0.2) is 40.7 Å². The van der Waals surface area contributed by atoms with Crippen LogP contribution in [0.2, 0.25) is 0 Å². The first-order valence-electron chi connectivity index (χ1n) is 10.8. The standard InChI is InChI=1S/C25H25FN4O3/c1-4-21-19-11-12-30(17-7-6-8-18(14-17)33-15-23(31)27-5-2)25(19)29-24(28-21)16-9-10-22(32-3)20(26)13-16/h6-14H,4-5,15H2,1-3H3,(H,27,31). The van der Waals surface area contributed by atoms with Crippen LogP contribution < -0.4 is 14.8 Å². The van der Waals surface area contributed by atoms with Crippen LogP contribution in [0.3, 0.4) is 0 Å². The third kappa shape index (κ3) is 4.64. The fourth-order valence-electron chi connectivity index (χ4n) is 3.61. The van der Waals surface area contributed by atoms with Gasteiger partial charge < -0.3 is 19.4 Å². The number of fused-ring (bicyclic) bond motifs is 1. The zero-order chi connectivity index (χ0) is 23.4. The molecule has 2 aromatic heterocycles. The molecule has 0 spiro atoms. The van der Waals surface area contributed by atoms with Crippen molar-refractivity contribution in [3.05, 3.63) is 66.2 Å². The molecule has 8 heteroatoms. The van der Waals surface area contributed by atoms with Gasteiger partial charge in [-0.3, -0.25) is 4.79 Å². The number of methoxy groups -OCH3 is 1. The molecular weight excluding hydrogens is 423 g/mol. The molecule has 2 aromatic carbocycles. The van der Waals surface area contributed by atoms with Crippen LogP contribution in [0.1, 0.15) is 19.5 Å².